The van der Waals surface area contributed by atoms with Crippen LogP contribution < -0.4 is 0 Å². The number of para-hydroxylation sites is 1. The molecule has 0 aromatic heterocycles. The normalized spacial score (nSPS) is 12.8. The van der Waals surface area contributed by atoms with Gasteiger partial charge in [-0.3, -0.25) is 10.1 Å². The standard InChI is InChI=1S/C29H35N3O3/c1-27(2,3)19-28(4,5)21-17-22(29(6,7)20-13-9-8-10-14-20)26(33)24(18-21)31-30-23-15-11-12-16-25(23)32(34)35/h8-18,33H,19H2,1-7H3/b31-30+. The van der Waals surface area contributed by atoms with E-state index in [1.807, 2.05) is 36.4 Å². The van der Waals surface area contributed by atoms with E-state index in [0.717, 1.165) is 23.1 Å². The summed E-state index contributed by atoms with van der Waals surface area (Å²) in [6.07, 6.45) is 0.913. The van der Waals surface area contributed by atoms with Gasteiger partial charge in [-0.15, -0.1) is 10.2 Å². The first-order chi connectivity index (χ1) is 16.2. The number of hydrogen-bond acceptors (Lipinski definition) is 5. The van der Waals surface area contributed by atoms with E-state index in [4.69, 9.17) is 0 Å². The molecule has 0 aliphatic rings. The van der Waals surface area contributed by atoms with Crippen LogP contribution in [0, 0.1) is 15.5 Å². The quantitative estimate of drug-likeness (QED) is 0.211. The average molecular weight is 474 g/mol. The Morgan fingerprint density at radius 1 is 0.800 bits per heavy atom. The Kier molecular flexibility index (Phi) is 7.16. The molecule has 0 saturated carbocycles. The molecule has 35 heavy (non-hydrogen) atoms. The Labute approximate surface area is 207 Å². The van der Waals surface area contributed by atoms with Gasteiger partial charge in [0.15, 0.2) is 5.69 Å². The number of phenolic OH excluding ortho intramolecular Hbond substituents is 1. The maximum atomic E-state index is 11.4. The van der Waals surface area contributed by atoms with Gasteiger partial charge in [-0.05, 0) is 40.5 Å². The van der Waals surface area contributed by atoms with Crippen LogP contribution in [0.5, 0.6) is 5.75 Å². The first kappa shape index (κ1) is 26.1. The fraction of sp³-hybridized carbons (Fsp3) is 0.379. The molecular weight excluding hydrogens is 438 g/mol. The number of rotatable bonds is 7. The summed E-state index contributed by atoms with van der Waals surface area (Å²) in [5.74, 6) is 0.0245. The molecule has 0 bridgehead atoms. The Morgan fingerprint density at radius 3 is 1.97 bits per heavy atom. The molecule has 184 valence electrons. The lowest BCUT2D eigenvalue weighted by atomic mass is 9.70. The zero-order valence-corrected chi connectivity index (χ0v) is 21.7. The average Bonchev–Trinajstić information content (AvgIpc) is 2.77. The molecule has 0 saturated heterocycles. The number of aromatic hydroxyl groups is 1. The SMILES string of the molecule is CC(C)(C)CC(C)(C)c1cc(/N=N/c2ccccc2[N+](=O)[O-])c(O)c(C(C)(C)c2ccccc2)c1. The van der Waals surface area contributed by atoms with E-state index in [1.54, 1.807) is 18.2 Å². The highest BCUT2D eigenvalue weighted by Gasteiger charge is 2.33. The molecule has 1 N–H and O–H groups in total. The van der Waals surface area contributed by atoms with Crippen LogP contribution in [0.3, 0.4) is 0 Å². The second-order valence-electron chi connectivity index (χ2n) is 11.4. The summed E-state index contributed by atoms with van der Waals surface area (Å²) in [5, 5.41) is 31.3. The fourth-order valence-electron chi connectivity index (χ4n) is 4.81. The topological polar surface area (TPSA) is 88.1 Å². The van der Waals surface area contributed by atoms with Crippen LogP contribution in [0.15, 0.2) is 77.0 Å². The highest BCUT2D eigenvalue weighted by Crippen LogP contribution is 2.46. The van der Waals surface area contributed by atoms with Gasteiger partial charge in [0.25, 0.3) is 5.69 Å². The maximum absolute atomic E-state index is 11.4. The van der Waals surface area contributed by atoms with Crippen LogP contribution in [-0.2, 0) is 10.8 Å². The van der Waals surface area contributed by atoms with Crippen molar-refractivity contribution >= 4 is 17.1 Å². The van der Waals surface area contributed by atoms with Crippen molar-refractivity contribution in [1.29, 1.82) is 0 Å². The summed E-state index contributed by atoms with van der Waals surface area (Å²) in [5.41, 5.74) is 2.48. The minimum Gasteiger partial charge on any atom is -0.505 e. The maximum Gasteiger partial charge on any atom is 0.296 e. The van der Waals surface area contributed by atoms with Crippen LogP contribution in [0.25, 0.3) is 0 Å². The van der Waals surface area contributed by atoms with Crippen molar-refractivity contribution in [2.45, 2.75) is 65.7 Å². The minimum absolute atomic E-state index is 0.0245. The Balaban J connectivity index is 2.22. The summed E-state index contributed by atoms with van der Waals surface area (Å²) in [4.78, 5) is 10.9. The van der Waals surface area contributed by atoms with Crippen molar-refractivity contribution in [3.8, 4) is 5.75 Å². The molecular formula is C29H35N3O3. The Hall–Kier alpha value is -3.54. The van der Waals surface area contributed by atoms with Gasteiger partial charge < -0.3 is 5.11 Å². The molecule has 6 nitrogen and oxygen atoms in total. The van der Waals surface area contributed by atoms with Crippen LogP contribution in [0.1, 0.15) is 71.6 Å². The number of azo groups is 1. The van der Waals surface area contributed by atoms with E-state index in [2.05, 4.69) is 64.8 Å². The third-order valence-corrected chi connectivity index (χ3v) is 6.36. The van der Waals surface area contributed by atoms with Gasteiger partial charge in [0.1, 0.15) is 11.4 Å². The first-order valence-electron chi connectivity index (χ1n) is 11.8. The molecule has 0 aliphatic heterocycles. The van der Waals surface area contributed by atoms with Gasteiger partial charge in [-0.25, -0.2) is 0 Å². The Morgan fingerprint density at radius 2 is 1.37 bits per heavy atom. The van der Waals surface area contributed by atoms with Crippen molar-refractivity contribution in [2.75, 3.05) is 0 Å². The van der Waals surface area contributed by atoms with Gasteiger partial charge in [0.05, 0.1) is 4.92 Å². The van der Waals surface area contributed by atoms with Gasteiger partial charge in [0, 0.05) is 17.0 Å². The molecule has 3 aromatic rings. The highest BCUT2D eigenvalue weighted by molar-refractivity contribution is 5.63. The fourth-order valence-corrected chi connectivity index (χ4v) is 4.81. The first-order valence-corrected chi connectivity index (χ1v) is 11.8. The lowest BCUT2D eigenvalue weighted by molar-refractivity contribution is -0.384. The predicted octanol–water partition coefficient (Wildman–Crippen LogP) is 8.76. The number of nitrogens with zero attached hydrogens (tertiary/aromatic N) is 3. The number of phenols is 1. The van der Waals surface area contributed by atoms with Crippen molar-refractivity contribution in [3.05, 3.63) is 93.5 Å². The second-order valence-corrected chi connectivity index (χ2v) is 11.4. The van der Waals surface area contributed by atoms with Gasteiger partial charge in [0.2, 0.25) is 0 Å². The van der Waals surface area contributed by atoms with Gasteiger partial charge >= 0.3 is 0 Å². The molecule has 0 amide bonds. The molecule has 6 heteroatoms. The number of hydrogen-bond donors (Lipinski definition) is 1. The van der Waals surface area contributed by atoms with Crippen molar-refractivity contribution in [2.24, 2.45) is 15.6 Å². The van der Waals surface area contributed by atoms with E-state index in [9.17, 15) is 15.2 Å². The molecule has 3 rings (SSSR count). The Bertz CT molecular complexity index is 1240. The molecule has 0 spiro atoms. The molecule has 0 radical (unpaired) electrons. The summed E-state index contributed by atoms with van der Waals surface area (Å²) in [6, 6.07) is 20.1. The summed E-state index contributed by atoms with van der Waals surface area (Å²) in [7, 11) is 0. The van der Waals surface area contributed by atoms with Crippen LogP contribution in [0.4, 0.5) is 17.1 Å². The lowest BCUT2D eigenvalue weighted by Crippen LogP contribution is -2.26. The molecule has 0 fully saturated rings. The largest absolute Gasteiger partial charge is 0.505 e. The minimum atomic E-state index is -0.512. The smallest absolute Gasteiger partial charge is 0.296 e. The molecule has 0 aliphatic carbocycles. The third kappa shape index (κ3) is 5.94. The summed E-state index contributed by atoms with van der Waals surface area (Å²) in [6.45, 7) is 15.1. The second kappa shape index (κ2) is 9.61. The van der Waals surface area contributed by atoms with Crippen LogP contribution >= 0.6 is 0 Å². The van der Waals surface area contributed by atoms with E-state index < -0.39 is 10.3 Å². The number of benzene rings is 3. The lowest BCUT2D eigenvalue weighted by Gasteiger charge is -2.35. The molecule has 0 heterocycles. The van der Waals surface area contributed by atoms with Crippen molar-refractivity contribution < 1.29 is 10.0 Å². The zero-order chi connectivity index (χ0) is 26.0. The van der Waals surface area contributed by atoms with Crippen molar-refractivity contribution in [1.82, 2.24) is 0 Å². The number of nitro groups is 1. The molecule has 3 aromatic carbocycles. The van der Waals surface area contributed by atoms with E-state index in [-0.39, 0.29) is 28.0 Å². The van der Waals surface area contributed by atoms with E-state index >= 15 is 0 Å². The molecule has 0 atom stereocenters. The number of nitro benzene ring substituents is 1. The van der Waals surface area contributed by atoms with Crippen LogP contribution in [0.2, 0.25) is 0 Å². The monoisotopic (exact) mass is 473 g/mol. The van der Waals surface area contributed by atoms with E-state index in [1.165, 1.54) is 6.07 Å². The van der Waals surface area contributed by atoms with Crippen LogP contribution in [-0.4, -0.2) is 10.0 Å². The predicted molar refractivity (Wildman–Crippen MR) is 141 cm³/mol. The van der Waals surface area contributed by atoms with Crippen molar-refractivity contribution in [3.63, 3.8) is 0 Å². The third-order valence-electron chi connectivity index (χ3n) is 6.36. The molecule has 0 unspecified atom stereocenters. The summed E-state index contributed by atoms with van der Waals surface area (Å²) >= 11 is 0. The van der Waals surface area contributed by atoms with Gasteiger partial charge in [-0.1, -0.05) is 97.0 Å². The van der Waals surface area contributed by atoms with Gasteiger partial charge in [-0.2, -0.15) is 0 Å². The summed E-state index contributed by atoms with van der Waals surface area (Å²) < 4.78 is 0. The van der Waals surface area contributed by atoms with E-state index in [0.29, 0.717) is 5.69 Å². The highest BCUT2D eigenvalue weighted by atomic mass is 16.6. The zero-order valence-electron chi connectivity index (χ0n) is 21.7.